The Morgan fingerprint density at radius 1 is 1.21 bits per heavy atom. The summed E-state index contributed by atoms with van der Waals surface area (Å²) in [7, 11) is 0. The predicted octanol–water partition coefficient (Wildman–Crippen LogP) is 3.48. The second-order valence-electron chi connectivity index (χ2n) is 5.03. The summed E-state index contributed by atoms with van der Waals surface area (Å²) < 4.78 is 27.2. The summed E-state index contributed by atoms with van der Waals surface area (Å²) in [6.45, 7) is 9.78. The van der Waals surface area contributed by atoms with Crippen molar-refractivity contribution in [2.45, 2.75) is 45.7 Å². The van der Waals surface area contributed by atoms with Crippen molar-refractivity contribution < 1.29 is 8.78 Å². The van der Waals surface area contributed by atoms with Crippen LogP contribution in [-0.4, -0.2) is 23.5 Å². The van der Waals surface area contributed by atoms with E-state index in [-0.39, 0.29) is 5.56 Å². The molecule has 0 aliphatic rings. The van der Waals surface area contributed by atoms with Crippen molar-refractivity contribution in [2.75, 3.05) is 13.1 Å². The third-order valence-electron chi connectivity index (χ3n) is 4.16. The largest absolute Gasteiger partial charge is 0.322 e. The monoisotopic (exact) mass is 270 g/mol. The maximum atomic E-state index is 13.9. The number of hydrogen-bond acceptors (Lipinski definition) is 2. The average molecular weight is 270 g/mol. The van der Waals surface area contributed by atoms with Gasteiger partial charge in [0.1, 0.15) is 11.6 Å². The molecule has 1 rings (SSSR count). The molecule has 19 heavy (non-hydrogen) atoms. The molecule has 2 atom stereocenters. The van der Waals surface area contributed by atoms with Crippen molar-refractivity contribution in [1.82, 2.24) is 4.90 Å². The molecular weight excluding hydrogens is 246 g/mol. The zero-order valence-corrected chi connectivity index (χ0v) is 12.2. The van der Waals surface area contributed by atoms with Crippen LogP contribution < -0.4 is 5.73 Å². The first-order valence-corrected chi connectivity index (χ1v) is 6.86. The second kappa shape index (κ2) is 6.44. The molecule has 0 spiro atoms. The Hall–Kier alpha value is -1.00. The highest BCUT2D eigenvalue weighted by molar-refractivity contribution is 5.25. The summed E-state index contributed by atoms with van der Waals surface area (Å²) in [6.07, 6.45) is 0.770. The lowest BCUT2D eigenvalue weighted by atomic mass is 9.83. The standard InChI is InChI=1S/C15H24F2N2/c1-5-15(4,19(6-2)7-3)14(18)12-10-11(16)8-9-13(12)17/h8-10,14H,5-7,18H2,1-4H3. The van der Waals surface area contributed by atoms with Crippen LogP contribution in [-0.2, 0) is 0 Å². The topological polar surface area (TPSA) is 29.3 Å². The van der Waals surface area contributed by atoms with Crippen molar-refractivity contribution >= 4 is 0 Å². The molecule has 0 bridgehead atoms. The SMILES string of the molecule is CCN(CC)C(C)(CC)C(N)c1cc(F)ccc1F. The molecule has 0 aliphatic heterocycles. The minimum Gasteiger partial charge on any atom is -0.322 e. The van der Waals surface area contributed by atoms with Gasteiger partial charge in [-0.3, -0.25) is 4.90 Å². The molecule has 0 heterocycles. The summed E-state index contributed by atoms with van der Waals surface area (Å²) in [6, 6.07) is 2.90. The first-order chi connectivity index (χ1) is 8.90. The molecule has 0 aromatic heterocycles. The van der Waals surface area contributed by atoms with Crippen molar-refractivity contribution in [3.8, 4) is 0 Å². The number of hydrogen-bond donors (Lipinski definition) is 1. The molecule has 2 N–H and O–H groups in total. The first kappa shape index (κ1) is 16.1. The highest BCUT2D eigenvalue weighted by Crippen LogP contribution is 2.33. The number of nitrogens with zero attached hydrogens (tertiary/aromatic N) is 1. The Morgan fingerprint density at radius 2 is 1.79 bits per heavy atom. The van der Waals surface area contributed by atoms with Crippen LogP contribution in [0.4, 0.5) is 8.78 Å². The number of halogens is 2. The lowest BCUT2D eigenvalue weighted by Crippen LogP contribution is -2.53. The lowest BCUT2D eigenvalue weighted by molar-refractivity contribution is 0.0831. The number of benzene rings is 1. The van der Waals surface area contributed by atoms with Gasteiger partial charge in [0.05, 0.1) is 6.04 Å². The Kier molecular flexibility index (Phi) is 5.44. The quantitative estimate of drug-likeness (QED) is 0.857. The zero-order valence-electron chi connectivity index (χ0n) is 12.2. The van der Waals surface area contributed by atoms with Gasteiger partial charge in [-0.2, -0.15) is 0 Å². The van der Waals surface area contributed by atoms with Gasteiger partial charge in [0.2, 0.25) is 0 Å². The summed E-state index contributed by atoms with van der Waals surface area (Å²) in [4.78, 5) is 2.20. The van der Waals surface area contributed by atoms with Crippen LogP contribution in [0.5, 0.6) is 0 Å². The Labute approximate surface area is 114 Å². The predicted molar refractivity (Wildman–Crippen MR) is 74.9 cm³/mol. The molecular formula is C15H24F2N2. The molecule has 0 radical (unpaired) electrons. The Morgan fingerprint density at radius 3 is 2.26 bits per heavy atom. The minimum atomic E-state index is -0.562. The zero-order chi connectivity index (χ0) is 14.6. The van der Waals surface area contributed by atoms with Gasteiger partial charge < -0.3 is 5.73 Å². The van der Waals surface area contributed by atoms with E-state index in [1.807, 2.05) is 27.7 Å². The Bertz CT molecular complexity index is 419. The van der Waals surface area contributed by atoms with Crippen LogP contribution in [0.1, 0.15) is 45.7 Å². The van der Waals surface area contributed by atoms with Gasteiger partial charge in [-0.05, 0) is 44.6 Å². The molecule has 0 saturated heterocycles. The van der Waals surface area contributed by atoms with Crippen molar-refractivity contribution in [2.24, 2.45) is 5.73 Å². The van der Waals surface area contributed by atoms with E-state index in [2.05, 4.69) is 4.90 Å². The van der Waals surface area contributed by atoms with E-state index in [0.29, 0.717) is 0 Å². The van der Waals surface area contributed by atoms with Crippen LogP contribution in [0.15, 0.2) is 18.2 Å². The molecule has 4 heteroatoms. The van der Waals surface area contributed by atoms with Crippen LogP contribution >= 0.6 is 0 Å². The maximum Gasteiger partial charge on any atom is 0.128 e. The van der Waals surface area contributed by atoms with E-state index in [1.54, 1.807) is 0 Å². The average Bonchev–Trinajstić information content (AvgIpc) is 2.41. The van der Waals surface area contributed by atoms with Gasteiger partial charge in [0, 0.05) is 11.1 Å². The Balaban J connectivity index is 3.20. The highest BCUT2D eigenvalue weighted by atomic mass is 19.1. The van der Waals surface area contributed by atoms with E-state index >= 15 is 0 Å². The minimum absolute atomic E-state index is 0.247. The maximum absolute atomic E-state index is 13.9. The molecule has 1 aromatic rings. The molecule has 1 aromatic carbocycles. The smallest absolute Gasteiger partial charge is 0.128 e. The molecule has 0 saturated carbocycles. The normalized spacial score (nSPS) is 16.4. The van der Waals surface area contributed by atoms with Gasteiger partial charge in [-0.15, -0.1) is 0 Å². The summed E-state index contributed by atoms with van der Waals surface area (Å²) in [5.74, 6) is -0.898. The fourth-order valence-electron chi connectivity index (χ4n) is 2.67. The summed E-state index contributed by atoms with van der Waals surface area (Å²) >= 11 is 0. The van der Waals surface area contributed by atoms with Gasteiger partial charge >= 0.3 is 0 Å². The summed E-state index contributed by atoms with van der Waals surface area (Å²) in [5, 5.41) is 0. The van der Waals surface area contributed by atoms with E-state index in [4.69, 9.17) is 5.73 Å². The number of rotatable bonds is 6. The molecule has 2 nitrogen and oxygen atoms in total. The van der Waals surface area contributed by atoms with E-state index < -0.39 is 23.2 Å². The van der Waals surface area contributed by atoms with Crippen LogP contribution in [0.3, 0.4) is 0 Å². The fourth-order valence-corrected chi connectivity index (χ4v) is 2.67. The van der Waals surface area contributed by atoms with Gasteiger partial charge in [0.15, 0.2) is 0 Å². The van der Waals surface area contributed by atoms with Crippen molar-refractivity contribution in [3.63, 3.8) is 0 Å². The molecule has 2 unspecified atom stereocenters. The van der Waals surface area contributed by atoms with Gasteiger partial charge in [0.25, 0.3) is 0 Å². The van der Waals surface area contributed by atoms with Crippen molar-refractivity contribution in [3.05, 3.63) is 35.4 Å². The third kappa shape index (κ3) is 3.12. The lowest BCUT2D eigenvalue weighted by Gasteiger charge is -2.44. The van der Waals surface area contributed by atoms with E-state index in [9.17, 15) is 8.78 Å². The van der Waals surface area contributed by atoms with Crippen LogP contribution in [0.25, 0.3) is 0 Å². The van der Waals surface area contributed by atoms with Crippen LogP contribution in [0, 0.1) is 11.6 Å². The van der Waals surface area contributed by atoms with Crippen LogP contribution in [0.2, 0.25) is 0 Å². The molecule has 0 aliphatic carbocycles. The van der Waals surface area contributed by atoms with Crippen molar-refractivity contribution in [1.29, 1.82) is 0 Å². The highest BCUT2D eigenvalue weighted by Gasteiger charge is 2.36. The second-order valence-corrected chi connectivity index (χ2v) is 5.03. The number of nitrogens with two attached hydrogens (primary N) is 1. The van der Waals surface area contributed by atoms with Gasteiger partial charge in [-0.1, -0.05) is 20.8 Å². The molecule has 108 valence electrons. The first-order valence-electron chi connectivity index (χ1n) is 6.86. The van der Waals surface area contributed by atoms with E-state index in [1.165, 1.54) is 6.07 Å². The van der Waals surface area contributed by atoms with Gasteiger partial charge in [-0.25, -0.2) is 8.78 Å². The summed E-state index contributed by atoms with van der Waals surface area (Å²) in [5.41, 5.74) is 6.11. The third-order valence-corrected chi connectivity index (χ3v) is 4.16. The molecule has 0 fully saturated rings. The number of likely N-dealkylation sites (N-methyl/N-ethyl adjacent to an activating group) is 1. The molecule has 0 amide bonds. The fraction of sp³-hybridized carbons (Fsp3) is 0.600. The van der Waals surface area contributed by atoms with E-state index in [0.717, 1.165) is 31.6 Å².